The largest absolute Gasteiger partial charge is 0.464 e. The highest BCUT2D eigenvalue weighted by atomic mass is 16.5. The molecule has 2 N–H and O–H groups in total. The molecular formula is C11H22N2O3. The van der Waals surface area contributed by atoms with Crippen LogP contribution >= 0.6 is 0 Å². The minimum atomic E-state index is -1.20. The molecule has 0 saturated carbocycles. The van der Waals surface area contributed by atoms with Gasteiger partial charge in [-0.1, -0.05) is 13.8 Å². The number of esters is 1. The van der Waals surface area contributed by atoms with Crippen LogP contribution in [0.4, 0.5) is 0 Å². The third kappa shape index (κ3) is 5.11. The van der Waals surface area contributed by atoms with Gasteiger partial charge in [0.15, 0.2) is 6.04 Å². The van der Waals surface area contributed by atoms with Crippen molar-refractivity contribution in [1.29, 1.82) is 0 Å². The number of carbonyl (C=O) groups is 2. The van der Waals surface area contributed by atoms with Crippen molar-refractivity contribution in [1.82, 2.24) is 4.90 Å². The lowest BCUT2D eigenvalue weighted by Gasteiger charge is -2.21. The Kier molecular flexibility index (Phi) is 6.72. The van der Waals surface area contributed by atoms with E-state index in [2.05, 4.69) is 18.6 Å². The van der Waals surface area contributed by atoms with Gasteiger partial charge in [-0.25, -0.2) is 4.79 Å². The summed E-state index contributed by atoms with van der Waals surface area (Å²) in [7, 11) is 1.64. The van der Waals surface area contributed by atoms with Crippen molar-refractivity contribution < 1.29 is 14.3 Å². The number of likely N-dealkylation sites (N-methyl/N-ethyl adjacent to an activating group) is 1. The number of nitrogens with zero attached hydrogens (tertiary/aromatic N) is 1. The van der Waals surface area contributed by atoms with Crippen molar-refractivity contribution >= 4 is 11.9 Å². The average Bonchev–Trinajstić information content (AvgIpc) is 2.23. The molecule has 0 aliphatic rings. The molecule has 1 atom stereocenters. The van der Waals surface area contributed by atoms with Crippen LogP contribution in [0.5, 0.6) is 0 Å². The molecule has 0 fully saturated rings. The van der Waals surface area contributed by atoms with E-state index in [0.29, 0.717) is 12.5 Å². The summed E-state index contributed by atoms with van der Waals surface area (Å²) in [4.78, 5) is 24.4. The van der Waals surface area contributed by atoms with Gasteiger partial charge in [0.1, 0.15) is 0 Å². The van der Waals surface area contributed by atoms with Crippen molar-refractivity contribution in [3.63, 3.8) is 0 Å². The Hall–Kier alpha value is -1.10. The summed E-state index contributed by atoms with van der Waals surface area (Å²) in [6.07, 6.45) is 0.887. The van der Waals surface area contributed by atoms with Crippen LogP contribution < -0.4 is 5.73 Å². The molecule has 94 valence electrons. The highest BCUT2D eigenvalue weighted by Crippen LogP contribution is 2.02. The molecule has 0 aromatic carbocycles. The third-order valence-corrected chi connectivity index (χ3v) is 2.22. The topological polar surface area (TPSA) is 72.6 Å². The average molecular weight is 230 g/mol. The van der Waals surface area contributed by atoms with Crippen molar-refractivity contribution in [3.05, 3.63) is 0 Å². The molecule has 5 nitrogen and oxygen atoms in total. The van der Waals surface area contributed by atoms with Gasteiger partial charge >= 0.3 is 5.97 Å². The molecule has 0 aliphatic carbocycles. The lowest BCUT2D eigenvalue weighted by molar-refractivity contribution is -0.150. The van der Waals surface area contributed by atoms with E-state index in [1.54, 1.807) is 14.0 Å². The molecule has 0 aromatic heterocycles. The molecule has 5 heteroatoms. The van der Waals surface area contributed by atoms with Crippen LogP contribution in [0.3, 0.4) is 0 Å². The fourth-order valence-electron chi connectivity index (χ4n) is 1.13. The molecule has 0 bridgehead atoms. The zero-order chi connectivity index (χ0) is 12.7. The second kappa shape index (κ2) is 7.22. The zero-order valence-electron chi connectivity index (χ0n) is 10.5. The molecular weight excluding hydrogens is 208 g/mol. The van der Waals surface area contributed by atoms with E-state index in [0.717, 1.165) is 6.42 Å². The molecule has 0 aliphatic heterocycles. The van der Waals surface area contributed by atoms with E-state index in [1.165, 1.54) is 4.90 Å². The fourth-order valence-corrected chi connectivity index (χ4v) is 1.13. The summed E-state index contributed by atoms with van der Waals surface area (Å²) < 4.78 is 4.69. The van der Waals surface area contributed by atoms with E-state index in [-0.39, 0.29) is 12.5 Å². The van der Waals surface area contributed by atoms with Crippen LogP contribution in [0.15, 0.2) is 0 Å². The summed E-state index contributed by atoms with van der Waals surface area (Å²) in [6, 6.07) is -1.20. The van der Waals surface area contributed by atoms with Gasteiger partial charge in [-0.05, 0) is 19.3 Å². The number of nitrogens with two attached hydrogens (primary N) is 1. The van der Waals surface area contributed by atoms with Crippen molar-refractivity contribution in [2.45, 2.75) is 33.2 Å². The van der Waals surface area contributed by atoms with Crippen LogP contribution in [0.25, 0.3) is 0 Å². The predicted octanol–water partition coefficient (Wildman–Crippen LogP) is 0.381. The molecule has 1 unspecified atom stereocenters. The Balaban J connectivity index is 4.15. The summed E-state index contributed by atoms with van der Waals surface area (Å²) in [5, 5.41) is 0. The molecule has 0 aromatic rings. The lowest BCUT2D eigenvalue weighted by Crippen LogP contribution is -2.47. The minimum absolute atomic E-state index is 0.232. The van der Waals surface area contributed by atoms with E-state index < -0.39 is 12.0 Å². The van der Waals surface area contributed by atoms with E-state index in [4.69, 9.17) is 5.73 Å². The normalized spacial score (nSPS) is 12.4. The van der Waals surface area contributed by atoms with Gasteiger partial charge in [0.25, 0.3) is 5.91 Å². The molecule has 0 spiro atoms. The summed E-state index contributed by atoms with van der Waals surface area (Å²) in [5.41, 5.74) is 5.49. The maximum Gasteiger partial charge on any atom is 0.332 e. The first-order valence-electron chi connectivity index (χ1n) is 5.57. The van der Waals surface area contributed by atoms with Crippen LogP contribution in [-0.2, 0) is 14.3 Å². The van der Waals surface area contributed by atoms with E-state index >= 15 is 0 Å². The van der Waals surface area contributed by atoms with E-state index in [1.807, 2.05) is 0 Å². The number of hydrogen-bond acceptors (Lipinski definition) is 4. The Morgan fingerprint density at radius 1 is 1.38 bits per heavy atom. The SMILES string of the molecule is CCOC(=O)C(N)C(=O)N(C)CCC(C)C. The second-order valence-electron chi connectivity index (χ2n) is 4.17. The van der Waals surface area contributed by atoms with Crippen LogP contribution in [0.1, 0.15) is 27.2 Å². The molecule has 0 heterocycles. The van der Waals surface area contributed by atoms with E-state index in [9.17, 15) is 9.59 Å². The molecule has 0 saturated heterocycles. The lowest BCUT2D eigenvalue weighted by atomic mass is 10.1. The van der Waals surface area contributed by atoms with Crippen LogP contribution in [-0.4, -0.2) is 43.0 Å². The van der Waals surface area contributed by atoms with Crippen LogP contribution in [0, 0.1) is 5.92 Å². The second-order valence-corrected chi connectivity index (χ2v) is 4.17. The van der Waals surface area contributed by atoms with Crippen LogP contribution in [0.2, 0.25) is 0 Å². The molecule has 16 heavy (non-hydrogen) atoms. The van der Waals surface area contributed by atoms with Gasteiger partial charge in [0, 0.05) is 13.6 Å². The predicted molar refractivity (Wildman–Crippen MR) is 61.7 cm³/mol. The minimum Gasteiger partial charge on any atom is -0.464 e. The highest BCUT2D eigenvalue weighted by Gasteiger charge is 2.26. The van der Waals surface area contributed by atoms with Crippen molar-refractivity contribution in [2.75, 3.05) is 20.2 Å². The van der Waals surface area contributed by atoms with Gasteiger partial charge in [-0.2, -0.15) is 0 Å². The first-order chi connectivity index (χ1) is 7.40. The highest BCUT2D eigenvalue weighted by molar-refractivity contribution is 6.01. The fraction of sp³-hybridized carbons (Fsp3) is 0.818. The maximum atomic E-state index is 11.7. The first kappa shape index (κ1) is 14.9. The first-order valence-corrected chi connectivity index (χ1v) is 5.57. The van der Waals surface area contributed by atoms with Crippen molar-refractivity contribution in [3.8, 4) is 0 Å². The van der Waals surface area contributed by atoms with Gasteiger partial charge in [-0.3, -0.25) is 4.79 Å². The molecule has 0 radical (unpaired) electrons. The Morgan fingerprint density at radius 3 is 2.38 bits per heavy atom. The summed E-state index contributed by atoms with van der Waals surface area (Å²) >= 11 is 0. The van der Waals surface area contributed by atoms with Gasteiger partial charge in [0.05, 0.1) is 6.61 Å². The van der Waals surface area contributed by atoms with Crippen molar-refractivity contribution in [2.24, 2.45) is 11.7 Å². The number of carbonyl (C=O) groups excluding carboxylic acids is 2. The maximum absolute atomic E-state index is 11.7. The Labute approximate surface area is 96.9 Å². The Morgan fingerprint density at radius 2 is 1.94 bits per heavy atom. The standard InChI is InChI=1S/C11H22N2O3/c1-5-16-11(15)9(12)10(14)13(4)7-6-8(2)3/h8-9H,5-7,12H2,1-4H3. The zero-order valence-corrected chi connectivity index (χ0v) is 10.5. The van der Waals surface area contributed by atoms with Gasteiger partial charge in [0.2, 0.25) is 0 Å². The van der Waals surface area contributed by atoms with Gasteiger partial charge < -0.3 is 15.4 Å². The number of ether oxygens (including phenoxy) is 1. The third-order valence-electron chi connectivity index (χ3n) is 2.22. The van der Waals surface area contributed by atoms with Gasteiger partial charge in [-0.15, -0.1) is 0 Å². The summed E-state index contributed by atoms with van der Waals surface area (Å²) in [6.45, 7) is 6.66. The number of hydrogen-bond donors (Lipinski definition) is 1. The summed E-state index contributed by atoms with van der Waals surface area (Å²) in [5.74, 6) is -0.544. The number of amides is 1. The molecule has 1 amide bonds. The smallest absolute Gasteiger partial charge is 0.332 e. The quantitative estimate of drug-likeness (QED) is 0.529. The Bertz CT molecular complexity index is 241. The molecule has 0 rings (SSSR count). The number of rotatable bonds is 6. The monoisotopic (exact) mass is 230 g/mol.